The molecule has 2 amide bonds. The highest BCUT2D eigenvalue weighted by Gasteiger charge is 2.12. The summed E-state index contributed by atoms with van der Waals surface area (Å²) in [4.78, 5) is 22.5. The average Bonchev–Trinajstić information content (AvgIpc) is 2.01. The lowest BCUT2D eigenvalue weighted by Gasteiger charge is -2.16. The van der Waals surface area contributed by atoms with Crippen LogP contribution in [0.2, 0.25) is 0 Å². The molecule has 0 unspecified atom stereocenters. The minimum Gasteiger partial charge on any atom is -0.368 e. The number of rotatable bonds is 4. The van der Waals surface area contributed by atoms with Crippen molar-refractivity contribution in [2.45, 2.75) is 0 Å². The summed E-state index contributed by atoms with van der Waals surface area (Å²) in [6.07, 6.45) is 4.96. The van der Waals surface area contributed by atoms with Crippen LogP contribution in [-0.4, -0.2) is 35.7 Å². The first-order valence-corrected chi connectivity index (χ1v) is 3.70. The van der Waals surface area contributed by atoms with Crippen molar-refractivity contribution in [3.8, 4) is 12.3 Å². The van der Waals surface area contributed by atoms with Crippen molar-refractivity contribution in [2.24, 2.45) is 5.73 Å². The van der Waals surface area contributed by atoms with Gasteiger partial charge in [0.2, 0.25) is 11.8 Å². The monoisotopic (exact) mass is 188 g/mol. The molecule has 0 heterocycles. The smallest absolute Gasteiger partial charge is 0.238 e. The fourth-order valence-electron chi connectivity index (χ4n) is 0.615. The molecule has 0 radical (unpaired) electrons. The summed E-state index contributed by atoms with van der Waals surface area (Å²) in [5, 5.41) is 0. The standard InChI is InChI=1S/C7H9ClN2O2/c1-2-3-10(5-6(9)11)7(12)4-8/h1H,3-5H2,(H2,9,11). The number of hydrogen-bond acceptors (Lipinski definition) is 2. The molecule has 66 valence electrons. The van der Waals surface area contributed by atoms with Crippen molar-refractivity contribution in [1.82, 2.24) is 4.90 Å². The molecular weight excluding hydrogens is 180 g/mol. The molecule has 0 aliphatic heterocycles. The van der Waals surface area contributed by atoms with Gasteiger partial charge < -0.3 is 10.6 Å². The Kier molecular flexibility index (Phi) is 4.89. The fourth-order valence-corrected chi connectivity index (χ4v) is 0.784. The van der Waals surface area contributed by atoms with Crippen LogP contribution in [0.25, 0.3) is 0 Å². The molecule has 0 spiro atoms. The molecule has 0 fully saturated rings. The van der Waals surface area contributed by atoms with Gasteiger partial charge in [-0.2, -0.15) is 0 Å². The molecule has 0 aromatic heterocycles. The number of nitrogens with two attached hydrogens (primary N) is 1. The second-order valence-electron chi connectivity index (χ2n) is 2.05. The number of hydrogen-bond donors (Lipinski definition) is 1. The van der Waals surface area contributed by atoms with Gasteiger partial charge in [0.25, 0.3) is 0 Å². The predicted molar refractivity (Wildman–Crippen MR) is 45.3 cm³/mol. The Morgan fingerprint density at radius 1 is 1.58 bits per heavy atom. The van der Waals surface area contributed by atoms with Crippen LogP contribution in [-0.2, 0) is 9.59 Å². The summed E-state index contributed by atoms with van der Waals surface area (Å²) >= 11 is 5.25. The number of carbonyl (C=O) groups excluding carboxylic acids is 2. The first kappa shape index (κ1) is 10.8. The van der Waals surface area contributed by atoms with Gasteiger partial charge in [-0.15, -0.1) is 18.0 Å². The normalized spacial score (nSPS) is 8.67. The van der Waals surface area contributed by atoms with Crippen LogP contribution in [0.1, 0.15) is 0 Å². The Bertz CT molecular complexity index is 222. The van der Waals surface area contributed by atoms with E-state index in [0.29, 0.717) is 0 Å². The Balaban J connectivity index is 4.14. The van der Waals surface area contributed by atoms with E-state index in [0.717, 1.165) is 4.90 Å². The Labute approximate surface area is 75.7 Å². The molecule has 0 saturated carbocycles. The van der Waals surface area contributed by atoms with E-state index >= 15 is 0 Å². The maximum Gasteiger partial charge on any atom is 0.238 e. The van der Waals surface area contributed by atoms with E-state index in [1.165, 1.54) is 0 Å². The molecule has 0 aliphatic rings. The lowest BCUT2D eigenvalue weighted by Crippen LogP contribution is -2.39. The zero-order valence-corrected chi connectivity index (χ0v) is 7.17. The van der Waals surface area contributed by atoms with Crippen molar-refractivity contribution < 1.29 is 9.59 Å². The highest BCUT2D eigenvalue weighted by Crippen LogP contribution is 1.90. The van der Waals surface area contributed by atoms with E-state index in [4.69, 9.17) is 23.8 Å². The van der Waals surface area contributed by atoms with Gasteiger partial charge in [0.05, 0.1) is 6.54 Å². The van der Waals surface area contributed by atoms with Crippen LogP contribution >= 0.6 is 11.6 Å². The van der Waals surface area contributed by atoms with Gasteiger partial charge in [0.15, 0.2) is 0 Å². The number of nitrogens with zero attached hydrogens (tertiary/aromatic N) is 1. The topological polar surface area (TPSA) is 63.4 Å². The molecule has 0 saturated heterocycles. The number of terminal acetylenes is 1. The molecule has 0 rings (SSSR count). The number of carbonyl (C=O) groups is 2. The average molecular weight is 189 g/mol. The molecule has 2 N–H and O–H groups in total. The number of amides is 2. The van der Waals surface area contributed by atoms with Crippen LogP contribution in [0.4, 0.5) is 0 Å². The van der Waals surface area contributed by atoms with Crippen LogP contribution < -0.4 is 5.73 Å². The third kappa shape index (κ3) is 3.84. The van der Waals surface area contributed by atoms with E-state index in [1.807, 2.05) is 0 Å². The summed E-state index contributed by atoms with van der Waals surface area (Å²) in [6, 6.07) is 0. The van der Waals surface area contributed by atoms with Crippen molar-refractivity contribution in [3.63, 3.8) is 0 Å². The lowest BCUT2D eigenvalue weighted by molar-refractivity contribution is -0.132. The van der Waals surface area contributed by atoms with Gasteiger partial charge in [-0.3, -0.25) is 9.59 Å². The fraction of sp³-hybridized carbons (Fsp3) is 0.429. The molecule has 0 bridgehead atoms. The molecule has 12 heavy (non-hydrogen) atoms. The highest BCUT2D eigenvalue weighted by molar-refractivity contribution is 6.27. The van der Waals surface area contributed by atoms with E-state index in [1.54, 1.807) is 0 Å². The number of primary amides is 1. The highest BCUT2D eigenvalue weighted by atomic mass is 35.5. The first-order chi connectivity index (χ1) is 5.61. The van der Waals surface area contributed by atoms with E-state index in [-0.39, 0.29) is 19.0 Å². The summed E-state index contributed by atoms with van der Waals surface area (Å²) in [5.74, 6) is 1.02. The van der Waals surface area contributed by atoms with E-state index in [2.05, 4.69) is 5.92 Å². The van der Waals surface area contributed by atoms with Crippen molar-refractivity contribution in [3.05, 3.63) is 0 Å². The van der Waals surface area contributed by atoms with Gasteiger partial charge >= 0.3 is 0 Å². The number of alkyl halides is 1. The quantitative estimate of drug-likeness (QED) is 0.463. The summed E-state index contributed by atoms with van der Waals surface area (Å²) in [6.45, 7) is -0.135. The van der Waals surface area contributed by atoms with Crippen molar-refractivity contribution >= 4 is 23.4 Å². The molecule has 5 heteroatoms. The van der Waals surface area contributed by atoms with Gasteiger partial charge in [0, 0.05) is 0 Å². The van der Waals surface area contributed by atoms with Gasteiger partial charge in [0.1, 0.15) is 12.4 Å². The van der Waals surface area contributed by atoms with Crippen molar-refractivity contribution in [2.75, 3.05) is 19.0 Å². The largest absolute Gasteiger partial charge is 0.368 e. The molecule has 0 atom stereocenters. The molecular formula is C7H9ClN2O2. The van der Waals surface area contributed by atoms with Crippen LogP contribution in [0.5, 0.6) is 0 Å². The summed E-state index contributed by atoms with van der Waals surface area (Å²) < 4.78 is 0. The molecule has 0 aromatic carbocycles. The molecule has 0 aliphatic carbocycles. The Morgan fingerprint density at radius 2 is 2.17 bits per heavy atom. The summed E-state index contributed by atoms with van der Waals surface area (Å²) in [5.41, 5.74) is 4.87. The molecule has 0 aromatic rings. The van der Waals surface area contributed by atoms with Crippen LogP contribution in [0.15, 0.2) is 0 Å². The Hall–Kier alpha value is -1.21. The predicted octanol–water partition coefficient (Wildman–Crippen LogP) is -0.828. The SMILES string of the molecule is C#CCN(CC(N)=O)C(=O)CCl. The second-order valence-corrected chi connectivity index (χ2v) is 2.32. The third-order valence-electron chi connectivity index (χ3n) is 1.10. The first-order valence-electron chi connectivity index (χ1n) is 3.17. The zero-order chi connectivity index (χ0) is 9.56. The van der Waals surface area contributed by atoms with Crippen molar-refractivity contribution in [1.29, 1.82) is 0 Å². The van der Waals surface area contributed by atoms with E-state index in [9.17, 15) is 9.59 Å². The minimum atomic E-state index is -0.608. The second kappa shape index (κ2) is 5.44. The maximum absolute atomic E-state index is 10.9. The number of halogens is 1. The summed E-state index contributed by atoms with van der Waals surface area (Å²) in [7, 11) is 0. The van der Waals surface area contributed by atoms with Crippen LogP contribution in [0, 0.1) is 12.3 Å². The van der Waals surface area contributed by atoms with E-state index < -0.39 is 11.8 Å². The van der Waals surface area contributed by atoms with Gasteiger partial charge in [-0.1, -0.05) is 5.92 Å². The minimum absolute atomic E-state index is 0.0501. The Morgan fingerprint density at radius 3 is 2.50 bits per heavy atom. The van der Waals surface area contributed by atoms with Gasteiger partial charge in [-0.05, 0) is 0 Å². The zero-order valence-electron chi connectivity index (χ0n) is 6.42. The van der Waals surface area contributed by atoms with Crippen LogP contribution in [0.3, 0.4) is 0 Å². The lowest BCUT2D eigenvalue weighted by atomic mass is 10.4. The maximum atomic E-state index is 10.9. The third-order valence-corrected chi connectivity index (χ3v) is 1.32. The van der Waals surface area contributed by atoms with Gasteiger partial charge in [-0.25, -0.2) is 0 Å². The molecule has 4 nitrogen and oxygen atoms in total.